The summed E-state index contributed by atoms with van der Waals surface area (Å²) in [5.74, 6) is -1.87. The standard InChI is InChI=1S/C26H28N2O.C2H2O4/c1-3-9-23(10-4-1)12-8-16-27-17-19-28(20-18-27)22-24-11-7-15-26(21-24)29-25-13-5-2-6-14-25;3-1(4)2(5)6/h1-15,21H,16-20,22H2;(H,3,4)(H,5,6)/b12-8+;. The highest BCUT2D eigenvalue weighted by Gasteiger charge is 2.16. The molecule has 0 aliphatic carbocycles. The summed E-state index contributed by atoms with van der Waals surface area (Å²) in [4.78, 5) is 23.2. The highest BCUT2D eigenvalue weighted by atomic mass is 16.5. The molecule has 4 rings (SSSR count). The van der Waals surface area contributed by atoms with Crippen LogP contribution in [0.25, 0.3) is 6.08 Å². The predicted octanol–water partition coefficient (Wildman–Crippen LogP) is 4.47. The van der Waals surface area contributed by atoms with Gasteiger partial charge in [-0.25, -0.2) is 9.59 Å². The number of nitrogens with zero attached hydrogens (tertiary/aromatic N) is 2. The van der Waals surface area contributed by atoms with Crippen molar-refractivity contribution in [2.75, 3.05) is 32.7 Å². The molecule has 0 bridgehead atoms. The third-order valence-electron chi connectivity index (χ3n) is 5.40. The quantitative estimate of drug-likeness (QED) is 0.489. The lowest BCUT2D eigenvalue weighted by Crippen LogP contribution is -2.45. The van der Waals surface area contributed by atoms with Gasteiger partial charge in [-0.15, -0.1) is 0 Å². The first-order valence-electron chi connectivity index (χ1n) is 11.4. The number of piperazine rings is 1. The van der Waals surface area contributed by atoms with Crippen molar-refractivity contribution in [1.82, 2.24) is 9.80 Å². The normalized spacial score (nSPS) is 14.2. The lowest BCUT2D eigenvalue weighted by atomic mass is 10.2. The number of aliphatic carboxylic acids is 2. The van der Waals surface area contributed by atoms with Crippen molar-refractivity contribution < 1.29 is 24.5 Å². The molecule has 0 aromatic heterocycles. The Morgan fingerprint density at radius 2 is 1.31 bits per heavy atom. The third kappa shape index (κ3) is 9.44. The zero-order valence-corrected chi connectivity index (χ0v) is 19.5. The molecule has 0 spiro atoms. The maximum absolute atomic E-state index is 9.10. The third-order valence-corrected chi connectivity index (χ3v) is 5.40. The molecule has 7 heteroatoms. The first-order valence-corrected chi connectivity index (χ1v) is 11.4. The van der Waals surface area contributed by atoms with E-state index in [1.54, 1.807) is 0 Å². The molecule has 0 amide bonds. The molecule has 0 unspecified atom stereocenters. The zero-order valence-electron chi connectivity index (χ0n) is 19.5. The predicted molar refractivity (Wildman–Crippen MR) is 135 cm³/mol. The molecule has 0 radical (unpaired) electrons. The molecular weight excluding hydrogens is 444 g/mol. The van der Waals surface area contributed by atoms with Gasteiger partial charge in [0.05, 0.1) is 0 Å². The van der Waals surface area contributed by atoms with Crippen LogP contribution >= 0.6 is 0 Å². The van der Waals surface area contributed by atoms with E-state index in [0.29, 0.717) is 0 Å². The Balaban J connectivity index is 0.000000509. The van der Waals surface area contributed by atoms with Crippen molar-refractivity contribution in [1.29, 1.82) is 0 Å². The number of carboxylic acid groups (broad SMARTS) is 2. The average Bonchev–Trinajstić information content (AvgIpc) is 2.87. The first-order chi connectivity index (χ1) is 17.0. The molecule has 1 heterocycles. The summed E-state index contributed by atoms with van der Waals surface area (Å²) in [6.07, 6.45) is 4.49. The van der Waals surface area contributed by atoms with Crippen LogP contribution < -0.4 is 4.74 Å². The Kier molecular flexibility index (Phi) is 10.0. The van der Waals surface area contributed by atoms with Crippen LogP contribution in [-0.2, 0) is 16.1 Å². The molecule has 1 aliphatic heterocycles. The van der Waals surface area contributed by atoms with Gasteiger partial charge in [0, 0.05) is 39.3 Å². The van der Waals surface area contributed by atoms with Crippen LogP contribution in [0.2, 0.25) is 0 Å². The topological polar surface area (TPSA) is 90.3 Å². The second-order valence-corrected chi connectivity index (χ2v) is 8.06. The van der Waals surface area contributed by atoms with Crippen molar-refractivity contribution in [2.45, 2.75) is 6.54 Å². The minimum absolute atomic E-state index is 0.877. The van der Waals surface area contributed by atoms with E-state index in [4.69, 9.17) is 24.5 Å². The molecule has 3 aromatic carbocycles. The molecule has 0 atom stereocenters. The van der Waals surface area contributed by atoms with Crippen molar-refractivity contribution in [3.63, 3.8) is 0 Å². The average molecular weight is 475 g/mol. The van der Waals surface area contributed by atoms with Crippen LogP contribution in [0.15, 0.2) is 91.0 Å². The SMILES string of the molecule is C(=C\c1ccccc1)/CN1CCN(Cc2cccc(Oc3ccccc3)c2)CC1.O=C(O)C(=O)O. The van der Waals surface area contributed by atoms with Gasteiger partial charge in [0.25, 0.3) is 0 Å². The molecule has 1 saturated heterocycles. The highest BCUT2D eigenvalue weighted by molar-refractivity contribution is 6.27. The summed E-state index contributed by atoms with van der Waals surface area (Å²) >= 11 is 0. The van der Waals surface area contributed by atoms with E-state index in [1.165, 1.54) is 11.1 Å². The monoisotopic (exact) mass is 474 g/mol. The van der Waals surface area contributed by atoms with E-state index in [2.05, 4.69) is 70.5 Å². The van der Waals surface area contributed by atoms with Crippen molar-refractivity contribution in [3.8, 4) is 11.5 Å². The summed E-state index contributed by atoms with van der Waals surface area (Å²) < 4.78 is 5.97. The van der Waals surface area contributed by atoms with Gasteiger partial charge in [0.1, 0.15) is 11.5 Å². The Labute approximate surface area is 205 Å². The lowest BCUT2D eigenvalue weighted by molar-refractivity contribution is -0.159. The van der Waals surface area contributed by atoms with Crippen LogP contribution in [-0.4, -0.2) is 64.7 Å². The number of carbonyl (C=O) groups is 2. The molecule has 7 nitrogen and oxygen atoms in total. The van der Waals surface area contributed by atoms with Gasteiger partial charge in [-0.05, 0) is 35.4 Å². The smallest absolute Gasteiger partial charge is 0.414 e. The second kappa shape index (κ2) is 13.7. The second-order valence-electron chi connectivity index (χ2n) is 8.06. The highest BCUT2D eigenvalue weighted by Crippen LogP contribution is 2.22. The van der Waals surface area contributed by atoms with Gasteiger partial charge in [-0.2, -0.15) is 0 Å². The summed E-state index contributed by atoms with van der Waals surface area (Å²) in [5, 5.41) is 14.8. The van der Waals surface area contributed by atoms with E-state index in [-0.39, 0.29) is 0 Å². The number of hydrogen-bond acceptors (Lipinski definition) is 5. The van der Waals surface area contributed by atoms with Gasteiger partial charge >= 0.3 is 11.9 Å². The maximum atomic E-state index is 9.10. The maximum Gasteiger partial charge on any atom is 0.414 e. The molecule has 1 fully saturated rings. The minimum atomic E-state index is -1.82. The fourth-order valence-electron chi connectivity index (χ4n) is 3.62. The number of carboxylic acids is 2. The fraction of sp³-hybridized carbons (Fsp3) is 0.214. The molecule has 3 aromatic rings. The zero-order chi connectivity index (χ0) is 24.9. The first kappa shape index (κ1) is 25.7. The number of para-hydroxylation sites is 1. The van der Waals surface area contributed by atoms with Crippen LogP contribution in [0.3, 0.4) is 0 Å². The van der Waals surface area contributed by atoms with Crippen LogP contribution in [0.5, 0.6) is 11.5 Å². The summed E-state index contributed by atoms with van der Waals surface area (Å²) in [7, 11) is 0. The van der Waals surface area contributed by atoms with Gasteiger partial charge in [0.2, 0.25) is 0 Å². The van der Waals surface area contributed by atoms with Crippen molar-refractivity contribution in [2.24, 2.45) is 0 Å². The van der Waals surface area contributed by atoms with Gasteiger partial charge < -0.3 is 14.9 Å². The van der Waals surface area contributed by atoms with E-state index < -0.39 is 11.9 Å². The summed E-state index contributed by atoms with van der Waals surface area (Å²) in [6.45, 7) is 6.41. The summed E-state index contributed by atoms with van der Waals surface area (Å²) in [6, 6.07) is 28.9. The lowest BCUT2D eigenvalue weighted by Gasteiger charge is -2.34. The number of ether oxygens (including phenoxy) is 1. The van der Waals surface area contributed by atoms with Crippen LogP contribution in [0.4, 0.5) is 0 Å². The van der Waals surface area contributed by atoms with Crippen molar-refractivity contribution in [3.05, 3.63) is 102 Å². The molecule has 1 aliphatic rings. The van der Waals surface area contributed by atoms with E-state index >= 15 is 0 Å². The van der Waals surface area contributed by atoms with Gasteiger partial charge in [0.15, 0.2) is 0 Å². The Hall–Kier alpha value is -3.94. The Morgan fingerprint density at radius 1 is 0.743 bits per heavy atom. The van der Waals surface area contributed by atoms with Crippen LogP contribution in [0.1, 0.15) is 11.1 Å². The molecule has 0 saturated carbocycles. The van der Waals surface area contributed by atoms with E-state index in [0.717, 1.165) is 50.8 Å². The van der Waals surface area contributed by atoms with Gasteiger partial charge in [-0.3, -0.25) is 9.80 Å². The van der Waals surface area contributed by atoms with Gasteiger partial charge in [-0.1, -0.05) is 72.8 Å². The Bertz CT molecular complexity index is 1080. The number of hydrogen-bond donors (Lipinski definition) is 2. The number of rotatable bonds is 7. The largest absolute Gasteiger partial charge is 0.473 e. The fourth-order valence-corrected chi connectivity index (χ4v) is 3.62. The minimum Gasteiger partial charge on any atom is -0.473 e. The Morgan fingerprint density at radius 3 is 1.94 bits per heavy atom. The molecule has 35 heavy (non-hydrogen) atoms. The number of benzene rings is 3. The van der Waals surface area contributed by atoms with Crippen molar-refractivity contribution >= 4 is 18.0 Å². The van der Waals surface area contributed by atoms with E-state index in [1.807, 2.05) is 36.4 Å². The van der Waals surface area contributed by atoms with Crippen LogP contribution in [0, 0.1) is 0 Å². The molecule has 182 valence electrons. The molecular formula is C28H30N2O5. The molecule has 2 N–H and O–H groups in total. The van der Waals surface area contributed by atoms with E-state index in [9.17, 15) is 0 Å². The summed E-state index contributed by atoms with van der Waals surface area (Å²) in [5.41, 5.74) is 2.57.